The Labute approximate surface area is 94.4 Å². The molecule has 6 heteroatoms. The Hall–Kier alpha value is -1.14. The molecular weight excluding hydrogens is 212 g/mol. The summed E-state index contributed by atoms with van der Waals surface area (Å²) in [5.74, 6) is -0.297. The Morgan fingerprint density at radius 3 is 2.19 bits per heavy atom. The summed E-state index contributed by atoms with van der Waals surface area (Å²) in [6.07, 6.45) is 0. The molecule has 0 aliphatic carbocycles. The van der Waals surface area contributed by atoms with E-state index in [0.29, 0.717) is 0 Å². The SMILES string of the molecule is CC(C)C1C(=O)N(CCO)C(=O)N1CCO. The number of aliphatic hydroxyl groups is 2. The van der Waals surface area contributed by atoms with Crippen LogP contribution in [0.2, 0.25) is 0 Å². The fourth-order valence-corrected chi connectivity index (χ4v) is 1.95. The second kappa shape index (κ2) is 5.27. The van der Waals surface area contributed by atoms with Crippen molar-refractivity contribution in [2.24, 2.45) is 5.92 Å². The molecule has 1 heterocycles. The van der Waals surface area contributed by atoms with Gasteiger partial charge in [0.05, 0.1) is 19.8 Å². The van der Waals surface area contributed by atoms with E-state index < -0.39 is 12.1 Å². The van der Waals surface area contributed by atoms with Gasteiger partial charge in [0.2, 0.25) is 0 Å². The Morgan fingerprint density at radius 1 is 1.19 bits per heavy atom. The van der Waals surface area contributed by atoms with E-state index in [1.807, 2.05) is 13.8 Å². The zero-order valence-electron chi connectivity index (χ0n) is 9.59. The Kier molecular flexibility index (Phi) is 4.26. The third kappa shape index (κ3) is 2.17. The standard InChI is InChI=1S/C10H18N2O4/c1-7(2)8-9(15)12(4-6-14)10(16)11(8)3-5-13/h7-8,13-14H,3-6H2,1-2H3. The number of nitrogens with zero attached hydrogens (tertiary/aromatic N) is 2. The minimum absolute atomic E-state index is 0.00769. The zero-order valence-corrected chi connectivity index (χ0v) is 9.59. The number of aliphatic hydroxyl groups excluding tert-OH is 2. The third-order valence-corrected chi connectivity index (χ3v) is 2.63. The molecule has 1 atom stereocenters. The van der Waals surface area contributed by atoms with E-state index in [2.05, 4.69) is 0 Å². The van der Waals surface area contributed by atoms with Crippen LogP contribution < -0.4 is 0 Å². The van der Waals surface area contributed by atoms with Gasteiger partial charge in [0, 0.05) is 6.54 Å². The van der Waals surface area contributed by atoms with Crippen molar-refractivity contribution in [2.45, 2.75) is 19.9 Å². The molecule has 1 aliphatic heterocycles. The number of urea groups is 1. The minimum Gasteiger partial charge on any atom is -0.395 e. The van der Waals surface area contributed by atoms with Gasteiger partial charge in [-0.15, -0.1) is 0 Å². The summed E-state index contributed by atoms with van der Waals surface area (Å²) < 4.78 is 0. The average molecular weight is 230 g/mol. The van der Waals surface area contributed by atoms with Crippen molar-refractivity contribution in [1.82, 2.24) is 9.80 Å². The van der Waals surface area contributed by atoms with Crippen LogP contribution in [0.25, 0.3) is 0 Å². The molecule has 92 valence electrons. The molecule has 0 saturated carbocycles. The largest absolute Gasteiger partial charge is 0.395 e. The van der Waals surface area contributed by atoms with Gasteiger partial charge in [-0.25, -0.2) is 4.79 Å². The highest BCUT2D eigenvalue weighted by molar-refractivity contribution is 6.04. The fraction of sp³-hybridized carbons (Fsp3) is 0.800. The van der Waals surface area contributed by atoms with Crippen molar-refractivity contribution in [3.05, 3.63) is 0 Å². The van der Waals surface area contributed by atoms with Crippen molar-refractivity contribution in [1.29, 1.82) is 0 Å². The molecule has 2 N–H and O–H groups in total. The number of hydrogen-bond acceptors (Lipinski definition) is 4. The molecule has 0 aromatic carbocycles. The van der Waals surface area contributed by atoms with E-state index in [4.69, 9.17) is 10.2 Å². The first kappa shape index (κ1) is 12.9. The summed E-state index contributed by atoms with van der Waals surface area (Å²) in [5.41, 5.74) is 0. The van der Waals surface area contributed by atoms with Crippen LogP contribution in [0.4, 0.5) is 4.79 Å². The topological polar surface area (TPSA) is 81.1 Å². The number of carbonyl (C=O) groups excluding carboxylic acids is 2. The molecule has 6 nitrogen and oxygen atoms in total. The van der Waals surface area contributed by atoms with Crippen LogP contribution in [0.1, 0.15) is 13.8 Å². The lowest BCUT2D eigenvalue weighted by atomic mass is 10.0. The molecule has 1 fully saturated rings. The highest BCUT2D eigenvalue weighted by Gasteiger charge is 2.45. The summed E-state index contributed by atoms with van der Waals surface area (Å²) in [7, 11) is 0. The summed E-state index contributed by atoms with van der Waals surface area (Å²) in [5, 5.41) is 17.7. The van der Waals surface area contributed by atoms with Gasteiger partial charge in [-0.2, -0.15) is 0 Å². The monoisotopic (exact) mass is 230 g/mol. The molecule has 1 unspecified atom stereocenters. The van der Waals surface area contributed by atoms with Gasteiger partial charge in [0.25, 0.3) is 5.91 Å². The lowest BCUT2D eigenvalue weighted by molar-refractivity contribution is -0.129. The number of amides is 3. The predicted molar refractivity (Wildman–Crippen MR) is 56.6 cm³/mol. The highest BCUT2D eigenvalue weighted by Crippen LogP contribution is 2.22. The summed E-state index contributed by atoms with van der Waals surface area (Å²) in [6, 6.07) is -0.946. The number of β-amino-alcohol motifs (C(OH)–C–C–N with tert-alkyl or cyclic N) is 2. The average Bonchev–Trinajstić information content (AvgIpc) is 2.44. The molecule has 3 amide bonds. The van der Waals surface area contributed by atoms with Gasteiger partial charge >= 0.3 is 6.03 Å². The van der Waals surface area contributed by atoms with Crippen LogP contribution in [0.3, 0.4) is 0 Å². The first-order valence-electron chi connectivity index (χ1n) is 5.38. The highest BCUT2D eigenvalue weighted by atomic mass is 16.3. The van der Waals surface area contributed by atoms with E-state index >= 15 is 0 Å². The zero-order chi connectivity index (χ0) is 12.3. The van der Waals surface area contributed by atoms with Crippen molar-refractivity contribution in [3.63, 3.8) is 0 Å². The van der Waals surface area contributed by atoms with E-state index in [-0.39, 0.29) is 38.1 Å². The summed E-state index contributed by atoms with van der Waals surface area (Å²) >= 11 is 0. The van der Waals surface area contributed by atoms with Crippen molar-refractivity contribution >= 4 is 11.9 Å². The number of hydrogen-bond donors (Lipinski definition) is 2. The van der Waals surface area contributed by atoms with Gasteiger partial charge in [0.1, 0.15) is 6.04 Å². The molecule has 0 aromatic rings. The van der Waals surface area contributed by atoms with Crippen LogP contribution in [-0.2, 0) is 4.79 Å². The van der Waals surface area contributed by atoms with Crippen LogP contribution in [0.5, 0.6) is 0 Å². The maximum Gasteiger partial charge on any atom is 0.327 e. The van der Waals surface area contributed by atoms with Gasteiger partial charge in [-0.05, 0) is 5.92 Å². The third-order valence-electron chi connectivity index (χ3n) is 2.63. The predicted octanol–water partition coefficient (Wildman–Crippen LogP) is -0.740. The smallest absolute Gasteiger partial charge is 0.327 e. The second-order valence-electron chi connectivity index (χ2n) is 4.10. The Morgan fingerprint density at radius 2 is 1.75 bits per heavy atom. The molecule has 0 radical (unpaired) electrons. The quantitative estimate of drug-likeness (QED) is 0.609. The van der Waals surface area contributed by atoms with Crippen LogP contribution >= 0.6 is 0 Å². The Bertz CT molecular complexity index is 280. The summed E-state index contributed by atoms with van der Waals surface area (Å²) in [4.78, 5) is 26.1. The first-order valence-corrected chi connectivity index (χ1v) is 5.38. The molecule has 1 aliphatic rings. The van der Waals surface area contributed by atoms with E-state index in [0.717, 1.165) is 4.90 Å². The van der Waals surface area contributed by atoms with E-state index in [1.165, 1.54) is 4.90 Å². The fourth-order valence-electron chi connectivity index (χ4n) is 1.95. The van der Waals surface area contributed by atoms with Gasteiger partial charge < -0.3 is 15.1 Å². The van der Waals surface area contributed by atoms with Gasteiger partial charge in [-0.3, -0.25) is 9.69 Å². The van der Waals surface area contributed by atoms with E-state index in [9.17, 15) is 9.59 Å². The molecule has 0 aromatic heterocycles. The molecule has 0 spiro atoms. The maximum absolute atomic E-state index is 11.9. The second-order valence-corrected chi connectivity index (χ2v) is 4.10. The molecule has 16 heavy (non-hydrogen) atoms. The van der Waals surface area contributed by atoms with Gasteiger partial charge in [0.15, 0.2) is 0 Å². The minimum atomic E-state index is -0.522. The normalized spacial score (nSPS) is 21.4. The number of rotatable bonds is 5. The number of imide groups is 1. The molecule has 0 bridgehead atoms. The molecule has 1 rings (SSSR count). The number of carbonyl (C=O) groups is 2. The lowest BCUT2D eigenvalue weighted by Gasteiger charge is -2.23. The summed E-state index contributed by atoms with van der Waals surface area (Å²) in [6.45, 7) is 3.45. The molecule has 1 saturated heterocycles. The molecular formula is C10H18N2O4. The maximum atomic E-state index is 11.9. The van der Waals surface area contributed by atoms with Crippen molar-refractivity contribution in [2.75, 3.05) is 26.3 Å². The van der Waals surface area contributed by atoms with Crippen molar-refractivity contribution in [3.8, 4) is 0 Å². The first-order chi connectivity index (χ1) is 7.54. The lowest BCUT2D eigenvalue weighted by Crippen LogP contribution is -2.40. The van der Waals surface area contributed by atoms with Crippen LogP contribution in [-0.4, -0.2) is 64.3 Å². The van der Waals surface area contributed by atoms with Crippen LogP contribution in [0.15, 0.2) is 0 Å². The van der Waals surface area contributed by atoms with E-state index in [1.54, 1.807) is 0 Å². The van der Waals surface area contributed by atoms with Gasteiger partial charge in [-0.1, -0.05) is 13.8 Å². The Balaban J connectivity index is 2.90. The van der Waals surface area contributed by atoms with Crippen LogP contribution in [0, 0.1) is 5.92 Å². The van der Waals surface area contributed by atoms with Crippen molar-refractivity contribution < 1.29 is 19.8 Å².